The van der Waals surface area contributed by atoms with Crippen LogP contribution in [-0.2, 0) is 9.59 Å². The van der Waals surface area contributed by atoms with Gasteiger partial charge in [-0.15, -0.1) is 0 Å². The van der Waals surface area contributed by atoms with Crippen molar-refractivity contribution < 1.29 is 23.5 Å². The molecule has 0 spiro atoms. The molecule has 0 aliphatic carbocycles. The second-order valence-corrected chi connectivity index (χ2v) is 8.46. The van der Waals surface area contributed by atoms with Crippen LogP contribution in [0.15, 0.2) is 60.2 Å². The molecule has 9 heteroatoms. The van der Waals surface area contributed by atoms with Gasteiger partial charge in [-0.3, -0.25) is 9.59 Å². The van der Waals surface area contributed by atoms with E-state index in [4.69, 9.17) is 21.1 Å². The lowest BCUT2D eigenvalue weighted by molar-refractivity contribution is -0.118. The Balaban J connectivity index is 1.77. The van der Waals surface area contributed by atoms with Crippen LogP contribution in [0, 0.1) is 31.0 Å². The molecular weight excluding hydrogens is 497 g/mol. The van der Waals surface area contributed by atoms with Crippen molar-refractivity contribution in [3.63, 3.8) is 0 Å². The molecule has 0 radical (unpaired) electrons. The monoisotopic (exact) mass is 521 g/mol. The maximum Gasteiger partial charge on any atom is 0.266 e. The van der Waals surface area contributed by atoms with Crippen molar-refractivity contribution in [3.8, 4) is 17.6 Å². The summed E-state index contributed by atoms with van der Waals surface area (Å²) in [5.74, 6) is -1.10. The van der Waals surface area contributed by atoms with Crippen LogP contribution in [0.25, 0.3) is 6.08 Å². The summed E-state index contributed by atoms with van der Waals surface area (Å²) in [7, 11) is 0. The quantitative estimate of drug-likeness (QED) is 0.263. The molecule has 2 N–H and O–H groups in total. The summed E-state index contributed by atoms with van der Waals surface area (Å²) in [6.45, 7) is 5.48. The molecular formula is C28H25ClFN3O4. The van der Waals surface area contributed by atoms with Crippen molar-refractivity contribution in [2.75, 3.05) is 23.8 Å². The van der Waals surface area contributed by atoms with Gasteiger partial charge in [0.15, 0.2) is 18.1 Å². The number of halogens is 2. The summed E-state index contributed by atoms with van der Waals surface area (Å²) in [6, 6.07) is 15.8. The van der Waals surface area contributed by atoms with E-state index in [0.29, 0.717) is 16.9 Å². The molecule has 0 fully saturated rings. The van der Waals surface area contributed by atoms with Crippen LogP contribution in [0.2, 0.25) is 5.02 Å². The second-order valence-electron chi connectivity index (χ2n) is 8.05. The maximum absolute atomic E-state index is 13.1. The third-order valence-electron chi connectivity index (χ3n) is 5.11. The highest BCUT2D eigenvalue weighted by molar-refractivity contribution is 6.32. The number of hydrogen-bond acceptors (Lipinski definition) is 5. The number of nitriles is 1. The Hall–Kier alpha value is -4.35. The predicted octanol–water partition coefficient (Wildman–Crippen LogP) is 6.06. The van der Waals surface area contributed by atoms with Gasteiger partial charge in [0.05, 0.1) is 11.6 Å². The topological polar surface area (TPSA) is 100 Å². The molecule has 3 aromatic rings. The lowest BCUT2D eigenvalue weighted by Crippen LogP contribution is -2.20. The molecule has 0 aliphatic heterocycles. The zero-order chi connectivity index (χ0) is 26.9. The van der Waals surface area contributed by atoms with E-state index in [-0.39, 0.29) is 35.3 Å². The van der Waals surface area contributed by atoms with Gasteiger partial charge in [-0.05, 0) is 80.4 Å². The molecule has 0 bridgehead atoms. The Morgan fingerprint density at radius 3 is 2.43 bits per heavy atom. The Bertz CT molecular complexity index is 1380. The predicted molar refractivity (Wildman–Crippen MR) is 141 cm³/mol. The van der Waals surface area contributed by atoms with Gasteiger partial charge in [0.25, 0.3) is 11.8 Å². The first-order chi connectivity index (χ1) is 17.7. The number of amides is 2. The number of aryl methyl sites for hydroxylation is 2. The van der Waals surface area contributed by atoms with Crippen molar-refractivity contribution in [2.24, 2.45) is 0 Å². The van der Waals surface area contributed by atoms with Gasteiger partial charge in [-0.1, -0.05) is 29.3 Å². The van der Waals surface area contributed by atoms with Crippen LogP contribution in [0.3, 0.4) is 0 Å². The van der Waals surface area contributed by atoms with E-state index in [9.17, 15) is 19.2 Å². The third kappa shape index (κ3) is 7.56. The van der Waals surface area contributed by atoms with E-state index in [1.165, 1.54) is 36.4 Å². The molecule has 37 heavy (non-hydrogen) atoms. The minimum atomic E-state index is -0.568. The largest absolute Gasteiger partial charge is 0.490 e. The Morgan fingerprint density at radius 1 is 1.05 bits per heavy atom. The molecule has 0 atom stereocenters. The SMILES string of the molecule is CCOc1cc(/C=C(\C#N)C(=O)Nc2ccc(C)cc2C)cc(Cl)c1OCC(=O)Nc1ccc(F)cc1. The van der Waals surface area contributed by atoms with Crippen molar-refractivity contribution in [3.05, 3.63) is 87.7 Å². The summed E-state index contributed by atoms with van der Waals surface area (Å²) in [4.78, 5) is 25.0. The molecule has 0 aromatic heterocycles. The number of hydrogen-bond donors (Lipinski definition) is 2. The van der Waals surface area contributed by atoms with Gasteiger partial charge < -0.3 is 20.1 Å². The van der Waals surface area contributed by atoms with Gasteiger partial charge in [0, 0.05) is 11.4 Å². The van der Waals surface area contributed by atoms with Gasteiger partial charge in [0.2, 0.25) is 0 Å². The Kier molecular flexibility index (Phi) is 9.25. The van der Waals surface area contributed by atoms with E-state index in [1.54, 1.807) is 19.1 Å². The molecule has 190 valence electrons. The Morgan fingerprint density at radius 2 is 1.78 bits per heavy atom. The summed E-state index contributed by atoms with van der Waals surface area (Å²) >= 11 is 6.41. The van der Waals surface area contributed by atoms with Gasteiger partial charge >= 0.3 is 0 Å². The number of carbonyl (C=O) groups is 2. The van der Waals surface area contributed by atoms with Gasteiger partial charge in [-0.2, -0.15) is 5.26 Å². The molecule has 0 heterocycles. The zero-order valence-electron chi connectivity index (χ0n) is 20.5. The minimum absolute atomic E-state index is 0.124. The van der Waals surface area contributed by atoms with Gasteiger partial charge in [0.1, 0.15) is 17.5 Å². The van der Waals surface area contributed by atoms with Crippen molar-refractivity contribution >= 4 is 40.9 Å². The Labute approximate surface area is 219 Å². The normalized spacial score (nSPS) is 10.9. The first-order valence-corrected chi connectivity index (χ1v) is 11.7. The van der Waals surface area contributed by atoms with Crippen LogP contribution in [-0.4, -0.2) is 25.0 Å². The summed E-state index contributed by atoms with van der Waals surface area (Å²) in [5.41, 5.74) is 3.24. The molecule has 0 saturated carbocycles. The number of rotatable bonds is 9. The first-order valence-electron chi connectivity index (χ1n) is 11.3. The number of benzene rings is 3. The highest BCUT2D eigenvalue weighted by Gasteiger charge is 2.16. The molecule has 0 saturated heterocycles. The fraction of sp³-hybridized carbons (Fsp3) is 0.179. The van der Waals surface area contributed by atoms with E-state index < -0.39 is 17.6 Å². The van der Waals surface area contributed by atoms with Gasteiger partial charge in [-0.25, -0.2) is 4.39 Å². The van der Waals surface area contributed by atoms with E-state index >= 15 is 0 Å². The van der Waals surface area contributed by atoms with Crippen LogP contribution >= 0.6 is 11.6 Å². The van der Waals surface area contributed by atoms with E-state index in [2.05, 4.69) is 10.6 Å². The van der Waals surface area contributed by atoms with Crippen LogP contribution in [0.4, 0.5) is 15.8 Å². The smallest absolute Gasteiger partial charge is 0.266 e. The molecule has 3 aromatic carbocycles. The average molecular weight is 522 g/mol. The number of carbonyl (C=O) groups excluding carboxylic acids is 2. The number of ether oxygens (including phenoxy) is 2. The second kappa shape index (κ2) is 12.6. The van der Waals surface area contributed by atoms with E-state index in [0.717, 1.165) is 11.1 Å². The standard InChI is InChI=1S/C28H25ClFN3O4/c1-4-36-25-14-19(12-20(15-31)28(35)33-24-10-5-17(2)11-18(24)3)13-23(29)27(25)37-16-26(34)32-22-8-6-21(30)7-9-22/h5-14H,4,16H2,1-3H3,(H,32,34)(H,33,35)/b20-12+. The summed E-state index contributed by atoms with van der Waals surface area (Å²) in [6.07, 6.45) is 1.39. The van der Waals surface area contributed by atoms with E-state index in [1.807, 2.05) is 32.0 Å². The molecule has 2 amide bonds. The number of nitrogens with one attached hydrogen (secondary N) is 2. The van der Waals surface area contributed by atoms with Crippen molar-refractivity contribution in [1.82, 2.24) is 0 Å². The average Bonchev–Trinajstić information content (AvgIpc) is 2.85. The molecule has 7 nitrogen and oxygen atoms in total. The van der Waals surface area contributed by atoms with Crippen LogP contribution in [0.1, 0.15) is 23.6 Å². The van der Waals surface area contributed by atoms with Crippen LogP contribution in [0.5, 0.6) is 11.5 Å². The third-order valence-corrected chi connectivity index (χ3v) is 5.39. The van der Waals surface area contributed by atoms with Crippen LogP contribution < -0.4 is 20.1 Å². The lowest BCUT2D eigenvalue weighted by atomic mass is 10.1. The first kappa shape index (κ1) is 27.2. The molecule has 0 aliphatic rings. The maximum atomic E-state index is 13.1. The minimum Gasteiger partial charge on any atom is -0.490 e. The number of anilines is 2. The summed E-state index contributed by atoms with van der Waals surface area (Å²) in [5, 5.41) is 15.1. The molecule has 0 unspecified atom stereocenters. The fourth-order valence-corrected chi connectivity index (χ4v) is 3.67. The van der Waals surface area contributed by atoms with Crippen molar-refractivity contribution in [2.45, 2.75) is 20.8 Å². The number of nitrogens with zero attached hydrogens (tertiary/aromatic N) is 1. The highest BCUT2D eigenvalue weighted by atomic mass is 35.5. The molecule has 3 rings (SSSR count). The highest BCUT2D eigenvalue weighted by Crippen LogP contribution is 2.37. The van der Waals surface area contributed by atoms with Crippen molar-refractivity contribution in [1.29, 1.82) is 5.26 Å². The fourth-order valence-electron chi connectivity index (χ4n) is 3.40. The zero-order valence-corrected chi connectivity index (χ0v) is 21.3. The summed E-state index contributed by atoms with van der Waals surface area (Å²) < 4.78 is 24.3. The lowest BCUT2D eigenvalue weighted by Gasteiger charge is -2.15.